The number of carbonyl (C=O) groups is 1. The van der Waals surface area contributed by atoms with E-state index in [1.807, 2.05) is 24.3 Å². The molecule has 2 amide bonds. The number of aliphatic hydroxyl groups is 2. The van der Waals surface area contributed by atoms with Gasteiger partial charge in [-0.1, -0.05) is 17.7 Å². The molecule has 5 rings (SSSR count). The fourth-order valence-electron chi connectivity index (χ4n) is 3.79. The zero-order chi connectivity index (χ0) is 21.8. The van der Waals surface area contributed by atoms with Crippen LogP contribution in [-0.4, -0.2) is 62.8 Å². The number of halogens is 1. The van der Waals surface area contributed by atoms with E-state index in [0.29, 0.717) is 23.5 Å². The summed E-state index contributed by atoms with van der Waals surface area (Å²) in [6.45, 7) is 0.328. The largest absolute Gasteiger partial charge is 0.368 e. The molecule has 1 saturated carbocycles. The van der Waals surface area contributed by atoms with Crippen LogP contribution in [0.3, 0.4) is 0 Å². The van der Waals surface area contributed by atoms with Crippen molar-refractivity contribution in [2.75, 3.05) is 35.4 Å². The molecule has 0 radical (unpaired) electrons. The molecule has 3 aliphatic rings. The third kappa shape index (κ3) is 3.52. The smallest absolute Gasteiger partial charge is 0.329 e. The molecule has 0 spiro atoms. The van der Waals surface area contributed by atoms with E-state index >= 15 is 0 Å². The summed E-state index contributed by atoms with van der Waals surface area (Å²) in [6, 6.07) is 8.68. The fraction of sp³-hybridized carbons (Fsp3) is 0.350. The number of anilines is 3. The second kappa shape index (κ2) is 6.98. The van der Waals surface area contributed by atoms with Crippen LogP contribution in [0.15, 0.2) is 48.4 Å². The molecule has 0 atom stereocenters. The molecular weight excluding hydrogens is 422 g/mol. The van der Waals surface area contributed by atoms with Gasteiger partial charge in [0.2, 0.25) is 5.95 Å². The highest BCUT2D eigenvalue weighted by atomic mass is 35.5. The average molecular weight is 444 g/mol. The van der Waals surface area contributed by atoms with Gasteiger partial charge >= 0.3 is 6.03 Å². The Kier molecular flexibility index (Phi) is 4.47. The molecular formula is C20H22ClN7O3. The third-order valence-corrected chi connectivity index (χ3v) is 6.06. The molecule has 1 aliphatic carbocycles. The molecule has 1 aromatic heterocycles. The van der Waals surface area contributed by atoms with Gasteiger partial charge in [-0.2, -0.15) is 4.98 Å². The van der Waals surface area contributed by atoms with E-state index in [-0.39, 0.29) is 12.1 Å². The van der Waals surface area contributed by atoms with Gasteiger partial charge in [0.1, 0.15) is 12.4 Å². The van der Waals surface area contributed by atoms with Crippen LogP contribution in [0.2, 0.25) is 5.02 Å². The number of likely N-dealkylation sites (N-methyl/N-ethyl adjacent to an activating group) is 1. The molecule has 4 N–H and O–H groups in total. The zero-order valence-corrected chi connectivity index (χ0v) is 17.5. The van der Waals surface area contributed by atoms with Crippen LogP contribution in [0.25, 0.3) is 0 Å². The van der Waals surface area contributed by atoms with Crippen LogP contribution >= 0.6 is 11.6 Å². The Labute approximate surface area is 183 Å². The lowest BCUT2D eigenvalue weighted by Gasteiger charge is -2.20. The van der Waals surface area contributed by atoms with Gasteiger partial charge in [-0.25, -0.2) is 9.78 Å². The average Bonchev–Trinajstić information content (AvgIpc) is 3.27. The van der Waals surface area contributed by atoms with Gasteiger partial charge < -0.3 is 25.7 Å². The summed E-state index contributed by atoms with van der Waals surface area (Å²) in [5.74, 6) is -1.58. The van der Waals surface area contributed by atoms with E-state index in [1.54, 1.807) is 6.07 Å². The Bertz CT molecular complexity index is 1070. The number of nitrogens with one attached hydrogen (secondary N) is 2. The first kappa shape index (κ1) is 19.9. The number of amides is 2. The lowest BCUT2D eigenvalue weighted by Crippen LogP contribution is -2.44. The maximum atomic E-state index is 12.4. The number of β-amino-alcohol motifs (C(OH)–C–C–N with tert-alkyl or cyclic N) is 2. The summed E-state index contributed by atoms with van der Waals surface area (Å²) in [4.78, 5) is 25.2. The number of nitrogens with zero attached hydrogens (tertiary/aromatic N) is 5. The SMILES string of the molecule is CN1C(=O)N(c2ccnc(NC3(C4=CN(c5cccc(Cl)c5)CN4)CC3)n2)CC1(O)O. The second-order valence-corrected chi connectivity index (χ2v) is 8.41. The van der Waals surface area contributed by atoms with Crippen molar-refractivity contribution < 1.29 is 15.0 Å². The minimum absolute atomic E-state index is 0.295. The van der Waals surface area contributed by atoms with Crippen molar-refractivity contribution in [1.29, 1.82) is 0 Å². The Morgan fingerprint density at radius 3 is 2.74 bits per heavy atom. The van der Waals surface area contributed by atoms with E-state index in [2.05, 4.69) is 31.7 Å². The van der Waals surface area contributed by atoms with Crippen LogP contribution in [-0.2, 0) is 0 Å². The number of hydrogen-bond donors (Lipinski definition) is 4. The van der Waals surface area contributed by atoms with E-state index in [9.17, 15) is 15.0 Å². The van der Waals surface area contributed by atoms with E-state index in [1.165, 1.54) is 18.1 Å². The lowest BCUT2D eigenvalue weighted by atomic mass is 10.2. The Hall–Kier alpha value is -3.08. The van der Waals surface area contributed by atoms with Crippen LogP contribution in [0.5, 0.6) is 0 Å². The fourth-order valence-corrected chi connectivity index (χ4v) is 3.97. The summed E-state index contributed by atoms with van der Waals surface area (Å²) in [5, 5.41) is 27.4. The predicted molar refractivity (Wildman–Crippen MR) is 115 cm³/mol. The molecule has 162 valence electrons. The van der Waals surface area contributed by atoms with Crippen molar-refractivity contribution in [1.82, 2.24) is 20.2 Å². The quantitative estimate of drug-likeness (QED) is 0.513. The van der Waals surface area contributed by atoms with Crippen molar-refractivity contribution in [2.24, 2.45) is 0 Å². The van der Waals surface area contributed by atoms with Crippen molar-refractivity contribution >= 4 is 35.1 Å². The van der Waals surface area contributed by atoms with Crippen molar-refractivity contribution in [3.8, 4) is 0 Å². The molecule has 1 saturated heterocycles. The maximum Gasteiger partial charge on any atom is 0.329 e. The van der Waals surface area contributed by atoms with E-state index in [4.69, 9.17) is 11.6 Å². The minimum Gasteiger partial charge on any atom is -0.368 e. The Balaban J connectivity index is 1.34. The highest BCUT2D eigenvalue weighted by Crippen LogP contribution is 2.45. The molecule has 31 heavy (non-hydrogen) atoms. The molecule has 10 nitrogen and oxygen atoms in total. The van der Waals surface area contributed by atoms with Crippen molar-refractivity contribution in [3.05, 3.63) is 53.4 Å². The molecule has 3 heterocycles. The standard InChI is InChI=1S/C20H22ClN7O3/c1-26-18(29)28(11-20(26,30)31)16-5-8-22-17(24-16)25-19(6-7-19)15-10-27(12-23-15)14-4-2-3-13(21)9-14/h2-5,8-10,23,30-31H,6-7,11-12H2,1H3,(H,22,24,25). The van der Waals surface area contributed by atoms with E-state index < -0.39 is 11.9 Å². The van der Waals surface area contributed by atoms with Gasteiger partial charge in [-0.05, 0) is 37.1 Å². The molecule has 2 aromatic rings. The number of carbonyl (C=O) groups excluding carboxylic acids is 1. The number of benzene rings is 1. The first-order chi connectivity index (χ1) is 14.8. The maximum absolute atomic E-state index is 12.4. The van der Waals surface area contributed by atoms with Gasteiger partial charge in [0.05, 0.1) is 17.9 Å². The Morgan fingerprint density at radius 2 is 2.06 bits per heavy atom. The second-order valence-electron chi connectivity index (χ2n) is 7.97. The zero-order valence-electron chi connectivity index (χ0n) is 16.8. The van der Waals surface area contributed by atoms with Crippen molar-refractivity contribution in [3.63, 3.8) is 0 Å². The highest BCUT2D eigenvalue weighted by molar-refractivity contribution is 6.30. The van der Waals surface area contributed by atoms with Crippen molar-refractivity contribution in [2.45, 2.75) is 24.3 Å². The van der Waals surface area contributed by atoms with Gasteiger partial charge in [-0.15, -0.1) is 0 Å². The molecule has 11 heteroatoms. The molecule has 1 aromatic carbocycles. The Morgan fingerprint density at radius 1 is 1.26 bits per heavy atom. The van der Waals surface area contributed by atoms with Crippen LogP contribution in [0.4, 0.5) is 22.2 Å². The van der Waals surface area contributed by atoms with E-state index in [0.717, 1.165) is 29.1 Å². The van der Waals surface area contributed by atoms with Crippen LogP contribution in [0, 0.1) is 0 Å². The van der Waals surface area contributed by atoms with Gasteiger partial charge in [-0.3, -0.25) is 9.80 Å². The van der Waals surface area contributed by atoms with Crippen LogP contribution in [0.1, 0.15) is 12.8 Å². The monoisotopic (exact) mass is 443 g/mol. The molecule has 2 fully saturated rings. The predicted octanol–water partition coefficient (Wildman–Crippen LogP) is 1.49. The van der Waals surface area contributed by atoms with Gasteiger partial charge in [0.25, 0.3) is 5.91 Å². The highest BCUT2D eigenvalue weighted by Gasteiger charge is 2.49. The van der Waals surface area contributed by atoms with Gasteiger partial charge in [0.15, 0.2) is 0 Å². The molecule has 0 bridgehead atoms. The number of rotatable bonds is 5. The number of aromatic nitrogens is 2. The summed E-state index contributed by atoms with van der Waals surface area (Å²) in [6.07, 6.45) is 5.41. The number of urea groups is 1. The summed E-state index contributed by atoms with van der Waals surface area (Å²) in [5.41, 5.74) is 1.72. The summed E-state index contributed by atoms with van der Waals surface area (Å²) in [7, 11) is 1.33. The first-order valence-corrected chi connectivity index (χ1v) is 10.2. The number of hydrogen-bond acceptors (Lipinski definition) is 8. The van der Waals surface area contributed by atoms with Crippen LogP contribution < -0.4 is 20.4 Å². The molecule has 0 unspecified atom stereocenters. The first-order valence-electron chi connectivity index (χ1n) is 9.87. The minimum atomic E-state index is -2.24. The summed E-state index contributed by atoms with van der Waals surface area (Å²) >= 11 is 6.12. The topological polar surface area (TPSA) is 117 Å². The lowest BCUT2D eigenvalue weighted by molar-refractivity contribution is -0.214. The van der Waals surface area contributed by atoms with Gasteiger partial charge in [0, 0.05) is 30.2 Å². The molecule has 2 aliphatic heterocycles. The third-order valence-electron chi connectivity index (χ3n) is 5.82. The normalized spacial score (nSPS) is 21.2. The summed E-state index contributed by atoms with van der Waals surface area (Å²) < 4.78 is 0.